The van der Waals surface area contributed by atoms with Crippen LogP contribution in [0.15, 0.2) is 29.2 Å². The van der Waals surface area contributed by atoms with Gasteiger partial charge in [0.25, 0.3) is 0 Å². The van der Waals surface area contributed by atoms with E-state index in [0.29, 0.717) is 25.3 Å². The Balaban J connectivity index is 2.94. The summed E-state index contributed by atoms with van der Waals surface area (Å²) in [6.45, 7) is 6.57. The summed E-state index contributed by atoms with van der Waals surface area (Å²) in [5.74, 6) is 0.669. The summed E-state index contributed by atoms with van der Waals surface area (Å²) in [5.41, 5.74) is 0. The van der Waals surface area contributed by atoms with Gasteiger partial charge in [-0.3, -0.25) is 0 Å². The molecule has 0 amide bonds. The molecule has 21 heavy (non-hydrogen) atoms. The molecule has 1 aromatic rings. The molecular weight excluding hydrogens is 290 g/mol. The van der Waals surface area contributed by atoms with Crippen LogP contribution in [0, 0.1) is 0 Å². The Bertz CT molecular complexity index is 511. The number of nitrogens with zero attached hydrogens (tertiary/aromatic N) is 1. The Morgan fingerprint density at radius 3 is 2.33 bits per heavy atom. The van der Waals surface area contributed by atoms with Gasteiger partial charge in [-0.15, -0.1) is 0 Å². The van der Waals surface area contributed by atoms with Crippen LogP contribution in [-0.4, -0.2) is 43.6 Å². The van der Waals surface area contributed by atoms with Gasteiger partial charge in [-0.05, 0) is 51.0 Å². The summed E-state index contributed by atoms with van der Waals surface area (Å²) in [4.78, 5) is 0.248. The highest BCUT2D eigenvalue weighted by atomic mass is 32.2. The molecule has 0 saturated carbocycles. The first-order chi connectivity index (χ1) is 9.93. The second-order valence-corrected chi connectivity index (χ2v) is 7.00. The molecule has 0 spiro atoms. The van der Waals surface area contributed by atoms with Gasteiger partial charge < -0.3 is 9.84 Å². The second-order valence-electron chi connectivity index (χ2n) is 5.11. The quantitative estimate of drug-likeness (QED) is 0.759. The van der Waals surface area contributed by atoms with Gasteiger partial charge in [0.15, 0.2) is 0 Å². The van der Waals surface area contributed by atoms with Crippen molar-refractivity contribution in [3.05, 3.63) is 24.3 Å². The van der Waals surface area contributed by atoms with Crippen LogP contribution in [0.2, 0.25) is 0 Å². The SMILES string of the molecule is CCCOc1ccc(S(=O)(=O)N(CCCO)C(C)C)cc1. The van der Waals surface area contributed by atoms with E-state index in [4.69, 9.17) is 9.84 Å². The van der Waals surface area contributed by atoms with Crippen LogP contribution >= 0.6 is 0 Å². The van der Waals surface area contributed by atoms with Crippen molar-refractivity contribution in [2.45, 2.75) is 44.6 Å². The molecule has 6 heteroatoms. The third kappa shape index (κ3) is 4.98. The highest BCUT2D eigenvalue weighted by Gasteiger charge is 2.26. The zero-order valence-corrected chi connectivity index (χ0v) is 13.8. The highest BCUT2D eigenvalue weighted by Crippen LogP contribution is 2.21. The summed E-state index contributed by atoms with van der Waals surface area (Å²) in [7, 11) is -3.54. The lowest BCUT2D eigenvalue weighted by atomic mass is 10.3. The van der Waals surface area contributed by atoms with E-state index in [1.807, 2.05) is 20.8 Å². The van der Waals surface area contributed by atoms with E-state index in [1.54, 1.807) is 24.3 Å². The van der Waals surface area contributed by atoms with Crippen molar-refractivity contribution in [3.8, 4) is 5.75 Å². The zero-order chi connectivity index (χ0) is 15.9. The van der Waals surface area contributed by atoms with Crippen LogP contribution in [0.25, 0.3) is 0 Å². The molecule has 0 aliphatic carbocycles. The van der Waals surface area contributed by atoms with Crippen LogP contribution in [0.1, 0.15) is 33.6 Å². The van der Waals surface area contributed by atoms with Gasteiger partial charge in [-0.1, -0.05) is 6.92 Å². The second kappa shape index (κ2) is 8.36. The first kappa shape index (κ1) is 17.9. The summed E-state index contributed by atoms with van der Waals surface area (Å²) in [6, 6.07) is 6.32. The number of aliphatic hydroxyl groups excluding tert-OH is 1. The molecule has 0 aliphatic heterocycles. The molecule has 1 aromatic carbocycles. The average Bonchev–Trinajstić information content (AvgIpc) is 2.45. The Labute approximate surface area is 127 Å². The van der Waals surface area contributed by atoms with E-state index < -0.39 is 10.0 Å². The zero-order valence-electron chi connectivity index (χ0n) is 12.9. The predicted molar refractivity (Wildman–Crippen MR) is 83.0 cm³/mol. The van der Waals surface area contributed by atoms with Crippen molar-refractivity contribution >= 4 is 10.0 Å². The molecule has 0 atom stereocenters. The summed E-state index contributed by atoms with van der Waals surface area (Å²) < 4.78 is 32.1. The molecular formula is C15H25NO4S. The van der Waals surface area contributed by atoms with Gasteiger partial charge in [0.2, 0.25) is 10.0 Å². The minimum atomic E-state index is -3.54. The fourth-order valence-corrected chi connectivity index (χ4v) is 3.62. The molecule has 1 rings (SSSR count). The van der Waals surface area contributed by atoms with Crippen molar-refractivity contribution in [2.24, 2.45) is 0 Å². The van der Waals surface area contributed by atoms with Crippen molar-refractivity contribution < 1.29 is 18.3 Å². The standard InChI is InChI=1S/C15H25NO4S/c1-4-12-20-14-6-8-15(9-7-14)21(18,19)16(13(2)3)10-5-11-17/h6-9,13,17H,4-5,10-12H2,1-3H3. The Kier molecular flexibility index (Phi) is 7.14. The van der Waals surface area contributed by atoms with Crippen LogP contribution in [0.3, 0.4) is 0 Å². The van der Waals surface area contributed by atoms with Crippen LogP contribution in [0.4, 0.5) is 0 Å². The van der Waals surface area contributed by atoms with Gasteiger partial charge in [0.05, 0.1) is 11.5 Å². The van der Waals surface area contributed by atoms with Crippen molar-refractivity contribution in [3.63, 3.8) is 0 Å². The monoisotopic (exact) mass is 315 g/mol. The smallest absolute Gasteiger partial charge is 0.243 e. The third-order valence-electron chi connectivity index (χ3n) is 3.02. The first-order valence-corrected chi connectivity index (χ1v) is 8.73. The largest absolute Gasteiger partial charge is 0.494 e. The Morgan fingerprint density at radius 1 is 1.24 bits per heavy atom. The fraction of sp³-hybridized carbons (Fsp3) is 0.600. The van der Waals surface area contributed by atoms with Crippen LogP contribution in [-0.2, 0) is 10.0 Å². The first-order valence-electron chi connectivity index (χ1n) is 7.29. The van der Waals surface area contributed by atoms with E-state index in [1.165, 1.54) is 4.31 Å². The van der Waals surface area contributed by atoms with E-state index in [2.05, 4.69) is 0 Å². The average molecular weight is 315 g/mol. The number of sulfonamides is 1. The molecule has 120 valence electrons. The van der Waals surface area contributed by atoms with E-state index in [-0.39, 0.29) is 17.5 Å². The minimum Gasteiger partial charge on any atom is -0.494 e. The molecule has 0 heterocycles. The molecule has 0 unspecified atom stereocenters. The predicted octanol–water partition coefficient (Wildman–Crippen LogP) is 2.26. The number of rotatable bonds is 9. The summed E-state index contributed by atoms with van der Waals surface area (Å²) in [6.07, 6.45) is 1.33. The normalized spacial score (nSPS) is 12.1. The molecule has 0 aromatic heterocycles. The van der Waals surface area contributed by atoms with Crippen LogP contribution < -0.4 is 4.74 Å². The fourth-order valence-electron chi connectivity index (χ4n) is 1.95. The molecule has 0 aliphatic rings. The topological polar surface area (TPSA) is 66.8 Å². The van der Waals surface area contributed by atoms with E-state index in [0.717, 1.165) is 6.42 Å². The van der Waals surface area contributed by atoms with Gasteiger partial charge >= 0.3 is 0 Å². The molecule has 0 saturated heterocycles. The molecule has 0 fully saturated rings. The van der Waals surface area contributed by atoms with Crippen molar-refractivity contribution in [2.75, 3.05) is 19.8 Å². The van der Waals surface area contributed by atoms with Gasteiger partial charge in [0, 0.05) is 19.2 Å². The maximum atomic E-state index is 12.6. The summed E-state index contributed by atoms with van der Waals surface area (Å²) in [5, 5.41) is 8.91. The lowest BCUT2D eigenvalue weighted by Crippen LogP contribution is -2.38. The van der Waals surface area contributed by atoms with E-state index in [9.17, 15) is 8.42 Å². The maximum absolute atomic E-state index is 12.6. The Morgan fingerprint density at radius 2 is 1.86 bits per heavy atom. The van der Waals surface area contributed by atoms with Crippen LogP contribution in [0.5, 0.6) is 5.75 Å². The highest BCUT2D eigenvalue weighted by molar-refractivity contribution is 7.89. The number of ether oxygens (including phenoxy) is 1. The lowest BCUT2D eigenvalue weighted by Gasteiger charge is -2.25. The van der Waals surface area contributed by atoms with Crippen molar-refractivity contribution in [1.82, 2.24) is 4.31 Å². The molecule has 1 N–H and O–H groups in total. The minimum absolute atomic E-state index is 0.0253. The summed E-state index contributed by atoms with van der Waals surface area (Å²) >= 11 is 0. The number of hydrogen-bond acceptors (Lipinski definition) is 4. The molecule has 5 nitrogen and oxygen atoms in total. The number of aliphatic hydroxyl groups is 1. The molecule has 0 radical (unpaired) electrons. The number of hydrogen-bond donors (Lipinski definition) is 1. The van der Waals surface area contributed by atoms with Gasteiger partial charge in [-0.25, -0.2) is 8.42 Å². The third-order valence-corrected chi connectivity index (χ3v) is 5.11. The van der Waals surface area contributed by atoms with Gasteiger partial charge in [-0.2, -0.15) is 4.31 Å². The number of benzene rings is 1. The molecule has 0 bridgehead atoms. The van der Waals surface area contributed by atoms with Crippen molar-refractivity contribution in [1.29, 1.82) is 0 Å². The van der Waals surface area contributed by atoms with Gasteiger partial charge in [0.1, 0.15) is 5.75 Å². The van der Waals surface area contributed by atoms with E-state index >= 15 is 0 Å². The lowest BCUT2D eigenvalue weighted by molar-refractivity contribution is 0.258. The maximum Gasteiger partial charge on any atom is 0.243 e. The Hall–Kier alpha value is -1.11.